The molecule has 0 saturated carbocycles. The van der Waals surface area contributed by atoms with E-state index in [0.717, 1.165) is 12.1 Å². The van der Waals surface area contributed by atoms with E-state index in [1.54, 1.807) is 19.9 Å². The molecule has 0 aliphatic carbocycles. The minimum Gasteiger partial charge on any atom is -0.493 e. The average molecular weight is 515 g/mol. The summed E-state index contributed by atoms with van der Waals surface area (Å²) in [5.41, 5.74) is -0.854. The first-order valence-electron chi connectivity index (χ1n) is 11.0. The molecule has 0 bridgehead atoms. The van der Waals surface area contributed by atoms with Crippen molar-refractivity contribution in [1.29, 1.82) is 0 Å². The van der Waals surface area contributed by atoms with Crippen LogP contribution >= 0.6 is 11.6 Å². The maximum absolute atomic E-state index is 13.1. The molecule has 11 heteroatoms. The van der Waals surface area contributed by atoms with Crippen LogP contribution in [-0.4, -0.2) is 31.0 Å². The fourth-order valence-corrected chi connectivity index (χ4v) is 3.32. The van der Waals surface area contributed by atoms with Crippen LogP contribution in [0.25, 0.3) is 0 Å². The summed E-state index contributed by atoms with van der Waals surface area (Å²) in [7, 11) is 0. The van der Waals surface area contributed by atoms with Crippen LogP contribution in [0, 0.1) is 0 Å². The number of carbonyl (C=O) groups is 3. The number of anilines is 2. The van der Waals surface area contributed by atoms with E-state index in [4.69, 9.17) is 21.1 Å². The number of esters is 1. The number of carbonyl (C=O) groups excluding carboxylic acids is 3. The van der Waals surface area contributed by atoms with Crippen LogP contribution in [0.3, 0.4) is 0 Å². The van der Waals surface area contributed by atoms with Gasteiger partial charge >= 0.3 is 12.1 Å². The maximum atomic E-state index is 13.1. The Labute approximate surface area is 205 Å². The second-order valence-corrected chi connectivity index (χ2v) is 7.76. The van der Waals surface area contributed by atoms with Crippen LogP contribution in [-0.2, 0) is 20.5 Å². The monoisotopic (exact) mass is 514 g/mol. The lowest BCUT2D eigenvalue weighted by Gasteiger charge is -2.15. The second-order valence-electron chi connectivity index (χ2n) is 7.35. The quantitative estimate of drug-likeness (QED) is 0.280. The van der Waals surface area contributed by atoms with Gasteiger partial charge in [-0.05, 0) is 63.1 Å². The van der Waals surface area contributed by atoms with E-state index in [1.165, 1.54) is 18.2 Å². The van der Waals surface area contributed by atoms with Crippen molar-refractivity contribution in [1.82, 2.24) is 0 Å². The zero-order valence-electron chi connectivity index (χ0n) is 19.3. The fourth-order valence-electron chi connectivity index (χ4n) is 3.10. The standard InChI is InChI=1S/C24H26ClF3N2O5/c1-3-34-20-12-10-15(29-21(31)7-5-6-8-22(32)35-4-2)13-17(20)23(33)30-16-9-11-19(25)18(14-16)24(26,27)28/h9-14H,3-8H2,1-2H3,(H,29,31)(H,30,33). The van der Waals surface area contributed by atoms with Crippen LogP contribution in [0.15, 0.2) is 36.4 Å². The number of hydrogen-bond acceptors (Lipinski definition) is 5. The molecule has 0 spiro atoms. The first kappa shape index (κ1) is 28.0. The molecule has 0 aliphatic heterocycles. The molecule has 0 unspecified atom stereocenters. The molecule has 2 amide bonds. The Kier molecular flexibility index (Phi) is 10.4. The highest BCUT2D eigenvalue weighted by atomic mass is 35.5. The molecule has 2 rings (SSSR count). The Morgan fingerprint density at radius 2 is 1.57 bits per heavy atom. The summed E-state index contributed by atoms with van der Waals surface area (Å²) in [4.78, 5) is 36.5. The van der Waals surface area contributed by atoms with Crippen LogP contribution in [0.1, 0.15) is 55.5 Å². The van der Waals surface area contributed by atoms with E-state index < -0.39 is 22.7 Å². The number of ether oxygens (including phenoxy) is 2. The predicted molar refractivity (Wildman–Crippen MR) is 126 cm³/mol. The van der Waals surface area contributed by atoms with Gasteiger partial charge < -0.3 is 20.1 Å². The Morgan fingerprint density at radius 1 is 0.914 bits per heavy atom. The first-order chi connectivity index (χ1) is 16.5. The Balaban J connectivity index is 2.10. The van der Waals surface area contributed by atoms with E-state index >= 15 is 0 Å². The van der Waals surface area contributed by atoms with Gasteiger partial charge in [0.2, 0.25) is 5.91 Å². The van der Waals surface area contributed by atoms with E-state index in [-0.39, 0.29) is 48.3 Å². The van der Waals surface area contributed by atoms with Crippen LogP contribution in [0.5, 0.6) is 5.75 Å². The van der Waals surface area contributed by atoms with Crippen molar-refractivity contribution in [3.05, 3.63) is 52.5 Å². The molecular formula is C24H26ClF3N2O5. The SMILES string of the molecule is CCOC(=O)CCCCC(=O)Nc1ccc(OCC)c(C(=O)Nc2ccc(Cl)c(C(F)(F)F)c2)c1. The minimum atomic E-state index is -4.69. The molecule has 2 aromatic rings. The van der Waals surface area contributed by atoms with Gasteiger partial charge in [-0.3, -0.25) is 14.4 Å². The number of benzene rings is 2. The second kappa shape index (κ2) is 13.0. The zero-order chi connectivity index (χ0) is 26.0. The van der Waals surface area contributed by atoms with E-state index in [2.05, 4.69) is 10.6 Å². The molecule has 0 atom stereocenters. The molecule has 0 fully saturated rings. The third-order valence-electron chi connectivity index (χ3n) is 4.68. The van der Waals surface area contributed by atoms with Crippen LogP contribution in [0.4, 0.5) is 24.5 Å². The zero-order valence-corrected chi connectivity index (χ0v) is 20.0. The number of amides is 2. The molecule has 2 N–H and O–H groups in total. The third-order valence-corrected chi connectivity index (χ3v) is 5.01. The van der Waals surface area contributed by atoms with Gasteiger partial charge in [0, 0.05) is 24.2 Å². The average Bonchev–Trinajstić information content (AvgIpc) is 2.78. The number of alkyl halides is 3. The maximum Gasteiger partial charge on any atom is 0.417 e. The number of halogens is 4. The molecule has 0 radical (unpaired) electrons. The third kappa shape index (κ3) is 8.79. The van der Waals surface area contributed by atoms with Gasteiger partial charge in [0.25, 0.3) is 5.91 Å². The van der Waals surface area contributed by atoms with Gasteiger partial charge in [-0.15, -0.1) is 0 Å². The lowest BCUT2D eigenvalue weighted by atomic mass is 10.1. The van der Waals surface area contributed by atoms with Crippen molar-refractivity contribution in [2.45, 2.75) is 45.7 Å². The van der Waals surface area contributed by atoms with Crippen molar-refractivity contribution in [2.24, 2.45) is 0 Å². The van der Waals surface area contributed by atoms with Crippen molar-refractivity contribution >= 4 is 40.8 Å². The summed E-state index contributed by atoms with van der Waals surface area (Å²) in [6.45, 7) is 3.97. The summed E-state index contributed by atoms with van der Waals surface area (Å²) < 4.78 is 49.7. The van der Waals surface area contributed by atoms with Gasteiger partial charge in [0.1, 0.15) is 5.75 Å². The molecule has 0 saturated heterocycles. The van der Waals surface area contributed by atoms with E-state index in [1.807, 2.05) is 0 Å². The summed E-state index contributed by atoms with van der Waals surface area (Å²) in [5.74, 6) is -1.17. The van der Waals surface area contributed by atoms with Crippen molar-refractivity contribution in [3.8, 4) is 5.75 Å². The Morgan fingerprint density at radius 3 is 2.23 bits per heavy atom. The fraction of sp³-hybridized carbons (Fsp3) is 0.375. The lowest BCUT2D eigenvalue weighted by Crippen LogP contribution is -2.16. The molecule has 2 aromatic carbocycles. The van der Waals surface area contributed by atoms with Gasteiger partial charge in [-0.25, -0.2) is 0 Å². The van der Waals surface area contributed by atoms with Crippen LogP contribution in [0.2, 0.25) is 5.02 Å². The molecule has 190 valence electrons. The summed E-state index contributed by atoms with van der Waals surface area (Å²) >= 11 is 5.63. The molecule has 0 aromatic heterocycles. The number of unbranched alkanes of at least 4 members (excludes halogenated alkanes) is 1. The van der Waals surface area contributed by atoms with Gasteiger partial charge in [0.15, 0.2) is 0 Å². The van der Waals surface area contributed by atoms with Crippen molar-refractivity contribution in [2.75, 3.05) is 23.8 Å². The summed E-state index contributed by atoms with van der Waals surface area (Å²) in [5, 5.41) is 4.58. The summed E-state index contributed by atoms with van der Waals surface area (Å²) in [6, 6.07) is 7.43. The Hall–Kier alpha value is -3.27. The number of nitrogens with one attached hydrogen (secondary N) is 2. The van der Waals surface area contributed by atoms with Crippen molar-refractivity contribution < 1.29 is 37.0 Å². The molecular weight excluding hydrogens is 489 g/mol. The molecule has 7 nitrogen and oxygen atoms in total. The van der Waals surface area contributed by atoms with E-state index in [0.29, 0.717) is 25.1 Å². The molecule has 0 heterocycles. The van der Waals surface area contributed by atoms with Gasteiger partial charge in [-0.1, -0.05) is 11.6 Å². The number of hydrogen-bond donors (Lipinski definition) is 2. The molecule has 0 aliphatic rings. The summed E-state index contributed by atoms with van der Waals surface area (Å²) in [6.07, 6.45) is -3.36. The number of rotatable bonds is 11. The normalized spacial score (nSPS) is 11.0. The topological polar surface area (TPSA) is 93.7 Å². The Bertz CT molecular complexity index is 1060. The van der Waals surface area contributed by atoms with E-state index in [9.17, 15) is 27.6 Å². The van der Waals surface area contributed by atoms with Gasteiger partial charge in [-0.2, -0.15) is 13.2 Å². The van der Waals surface area contributed by atoms with Gasteiger partial charge in [0.05, 0.1) is 29.4 Å². The predicted octanol–water partition coefficient (Wildman–Crippen LogP) is 6.07. The van der Waals surface area contributed by atoms with Crippen molar-refractivity contribution in [3.63, 3.8) is 0 Å². The highest BCUT2D eigenvalue weighted by Gasteiger charge is 2.33. The highest BCUT2D eigenvalue weighted by molar-refractivity contribution is 6.31. The molecule has 35 heavy (non-hydrogen) atoms. The van der Waals surface area contributed by atoms with Crippen LogP contribution < -0.4 is 15.4 Å². The largest absolute Gasteiger partial charge is 0.493 e. The highest BCUT2D eigenvalue weighted by Crippen LogP contribution is 2.36. The smallest absolute Gasteiger partial charge is 0.417 e. The first-order valence-corrected chi connectivity index (χ1v) is 11.3. The lowest BCUT2D eigenvalue weighted by molar-refractivity contribution is -0.143. The minimum absolute atomic E-state index is 0.0236.